The lowest BCUT2D eigenvalue weighted by Crippen LogP contribution is -2.20. The molecule has 0 bridgehead atoms. The Balaban J connectivity index is 2.57. The van der Waals surface area contributed by atoms with Crippen molar-refractivity contribution in [3.63, 3.8) is 0 Å². The summed E-state index contributed by atoms with van der Waals surface area (Å²) in [6.07, 6.45) is 2.33. The number of carbonyl (C=O) groups excluding carboxylic acids is 1. The molecule has 0 unspecified atom stereocenters. The van der Waals surface area contributed by atoms with Crippen LogP contribution in [0.25, 0.3) is 11.2 Å². The summed E-state index contributed by atoms with van der Waals surface area (Å²) in [6, 6.07) is 1.93. The molecule has 2 aromatic rings. The predicted octanol–water partition coefficient (Wildman–Crippen LogP) is 1.01. The third kappa shape index (κ3) is 2.39. The number of hydrogen-bond acceptors (Lipinski definition) is 3. The van der Waals surface area contributed by atoms with E-state index in [0.29, 0.717) is 17.9 Å². The minimum absolute atomic E-state index is 0.0821. The van der Waals surface area contributed by atoms with Crippen LogP contribution in [0.1, 0.15) is 11.4 Å². The minimum atomic E-state index is -0.414. The molecule has 6 heteroatoms. The van der Waals surface area contributed by atoms with Crippen molar-refractivity contribution in [1.82, 2.24) is 14.5 Å². The zero-order valence-electron chi connectivity index (χ0n) is 9.48. The normalized spacial score (nSPS) is 10.9. The second-order valence-electron chi connectivity index (χ2n) is 3.87. The van der Waals surface area contributed by atoms with Crippen LogP contribution >= 0.6 is 11.6 Å². The molecule has 0 aliphatic carbocycles. The summed E-state index contributed by atoms with van der Waals surface area (Å²) in [7, 11) is 0. The highest BCUT2D eigenvalue weighted by molar-refractivity contribution is 6.17. The maximum atomic E-state index is 11.0. The van der Waals surface area contributed by atoms with Gasteiger partial charge in [0.05, 0.1) is 0 Å². The largest absolute Gasteiger partial charge is 0.368 e. The van der Waals surface area contributed by atoms with Crippen LogP contribution in [-0.4, -0.2) is 26.3 Å². The van der Waals surface area contributed by atoms with E-state index in [0.717, 1.165) is 16.9 Å². The van der Waals surface area contributed by atoms with Gasteiger partial charge in [-0.05, 0) is 18.6 Å². The lowest BCUT2D eigenvalue weighted by atomic mass is 10.3. The fourth-order valence-corrected chi connectivity index (χ4v) is 1.92. The predicted molar refractivity (Wildman–Crippen MR) is 65.9 cm³/mol. The van der Waals surface area contributed by atoms with Crippen molar-refractivity contribution in [2.75, 3.05) is 5.88 Å². The molecule has 1 amide bonds. The summed E-state index contributed by atoms with van der Waals surface area (Å²) in [6.45, 7) is 2.03. The average Bonchev–Trinajstić information content (AvgIpc) is 2.56. The zero-order valence-corrected chi connectivity index (χ0v) is 10.2. The van der Waals surface area contributed by atoms with Crippen LogP contribution in [0, 0.1) is 6.92 Å². The van der Waals surface area contributed by atoms with E-state index in [4.69, 9.17) is 17.3 Å². The molecule has 0 saturated carbocycles. The Morgan fingerprint density at radius 3 is 3.00 bits per heavy atom. The number of hydrogen-bond donors (Lipinski definition) is 1. The number of rotatable bonds is 4. The Morgan fingerprint density at radius 1 is 1.59 bits per heavy atom. The van der Waals surface area contributed by atoms with Gasteiger partial charge in [0.15, 0.2) is 5.65 Å². The van der Waals surface area contributed by atoms with E-state index >= 15 is 0 Å². The molecule has 0 radical (unpaired) electrons. The van der Waals surface area contributed by atoms with E-state index in [1.54, 1.807) is 10.8 Å². The quantitative estimate of drug-likeness (QED) is 0.826. The first-order chi connectivity index (χ1) is 8.11. The summed E-state index contributed by atoms with van der Waals surface area (Å²) < 4.78 is 1.72. The van der Waals surface area contributed by atoms with Gasteiger partial charge in [0, 0.05) is 18.5 Å². The molecule has 0 aliphatic heterocycles. The van der Waals surface area contributed by atoms with E-state index in [9.17, 15) is 4.79 Å². The molecule has 90 valence electrons. The number of aromatic nitrogens is 3. The van der Waals surface area contributed by atoms with Gasteiger partial charge >= 0.3 is 0 Å². The molecule has 2 aromatic heterocycles. The van der Waals surface area contributed by atoms with E-state index in [1.165, 1.54) is 0 Å². The van der Waals surface area contributed by atoms with Crippen LogP contribution in [-0.2, 0) is 17.8 Å². The molecule has 0 spiro atoms. The Hall–Kier alpha value is -1.62. The Labute approximate surface area is 104 Å². The number of alkyl halides is 1. The molecule has 2 rings (SSSR count). The highest BCUT2D eigenvalue weighted by Gasteiger charge is 2.13. The number of aryl methyl sites for hydroxylation is 2. The fraction of sp³-hybridized carbons (Fsp3) is 0.364. The van der Waals surface area contributed by atoms with Crippen LogP contribution in [0.5, 0.6) is 0 Å². The standard InChI is InChI=1S/C11H13ClN4O/c1-7-4-8-11(14-5-7)16(6-9(13)17)10(15-8)2-3-12/h4-5H,2-3,6H2,1H3,(H2,13,17). The molecule has 0 aromatic carbocycles. The van der Waals surface area contributed by atoms with Crippen LogP contribution in [0.2, 0.25) is 0 Å². The SMILES string of the molecule is Cc1cnc2c(c1)nc(CCCl)n2CC(N)=O. The molecule has 2 N–H and O–H groups in total. The van der Waals surface area contributed by atoms with Gasteiger partial charge < -0.3 is 10.3 Å². The van der Waals surface area contributed by atoms with E-state index in [-0.39, 0.29) is 6.54 Å². The third-order valence-electron chi connectivity index (χ3n) is 2.43. The van der Waals surface area contributed by atoms with Crippen LogP contribution in [0.3, 0.4) is 0 Å². The molecule has 0 fully saturated rings. The first-order valence-electron chi connectivity index (χ1n) is 5.28. The Kier molecular flexibility index (Phi) is 3.28. The van der Waals surface area contributed by atoms with E-state index in [1.807, 2.05) is 13.0 Å². The van der Waals surface area contributed by atoms with E-state index in [2.05, 4.69) is 9.97 Å². The maximum absolute atomic E-state index is 11.0. The number of nitrogens with two attached hydrogens (primary N) is 1. The van der Waals surface area contributed by atoms with Gasteiger partial charge in [-0.3, -0.25) is 4.79 Å². The Bertz CT molecular complexity index is 564. The zero-order chi connectivity index (χ0) is 12.4. The van der Waals surface area contributed by atoms with Crippen LogP contribution in [0.15, 0.2) is 12.3 Å². The first-order valence-corrected chi connectivity index (χ1v) is 5.81. The van der Waals surface area contributed by atoms with E-state index < -0.39 is 5.91 Å². The molecule has 5 nitrogen and oxygen atoms in total. The van der Waals surface area contributed by atoms with Crippen molar-refractivity contribution in [3.8, 4) is 0 Å². The van der Waals surface area contributed by atoms with Crippen LogP contribution < -0.4 is 5.73 Å². The second-order valence-corrected chi connectivity index (χ2v) is 4.25. The van der Waals surface area contributed by atoms with Gasteiger partial charge in [-0.1, -0.05) is 0 Å². The lowest BCUT2D eigenvalue weighted by Gasteiger charge is -2.04. The Morgan fingerprint density at radius 2 is 2.35 bits per heavy atom. The topological polar surface area (TPSA) is 73.8 Å². The molecule has 0 saturated heterocycles. The highest BCUT2D eigenvalue weighted by atomic mass is 35.5. The summed E-state index contributed by atoms with van der Waals surface area (Å²) in [4.78, 5) is 19.8. The number of primary amides is 1. The van der Waals surface area contributed by atoms with Crippen molar-refractivity contribution < 1.29 is 4.79 Å². The summed E-state index contributed by atoms with van der Waals surface area (Å²) in [5.41, 5.74) is 7.69. The van der Waals surface area contributed by atoms with Gasteiger partial charge in [-0.15, -0.1) is 11.6 Å². The fourth-order valence-electron chi connectivity index (χ4n) is 1.76. The van der Waals surface area contributed by atoms with Gasteiger partial charge in [0.1, 0.15) is 17.9 Å². The highest BCUT2D eigenvalue weighted by Crippen LogP contribution is 2.15. The van der Waals surface area contributed by atoms with Crippen LogP contribution in [0.4, 0.5) is 0 Å². The average molecular weight is 253 g/mol. The smallest absolute Gasteiger partial charge is 0.237 e. The number of imidazole rings is 1. The van der Waals surface area contributed by atoms with Crippen molar-refractivity contribution in [1.29, 1.82) is 0 Å². The minimum Gasteiger partial charge on any atom is -0.368 e. The monoisotopic (exact) mass is 252 g/mol. The van der Waals surface area contributed by atoms with Gasteiger partial charge in [-0.2, -0.15) is 0 Å². The maximum Gasteiger partial charge on any atom is 0.237 e. The number of nitrogens with zero attached hydrogens (tertiary/aromatic N) is 3. The second kappa shape index (κ2) is 4.71. The van der Waals surface area contributed by atoms with Gasteiger partial charge in [-0.25, -0.2) is 9.97 Å². The summed E-state index contributed by atoms with van der Waals surface area (Å²) in [5.74, 6) is 0.774. The number of halogens is 1. The molecule has 0 atom stereocenters. The molecule has 17 heavy (non-hydrogen) atoms. The van der Waals surface area contributed by atoms with Crippen molar-refractivity contribution in [2.45, 2.75) is 19.9 Å². The summed E-state index contributed by atoms with van der Waals surface area (Å²) in [5, 5.41) is 0. The first kappa shape index (κ1) is 11.9. The van der Waals surface area contributed by atoms with Crippen molar-refractivity contribution in [3.05, 3.63) is 23.7 Å². The molecule has 0 aliphatic rings. The number of amides is 1. The van der Waals surface area contributed by atoms with Gasteiger partial charge in [0.2, 0.25) is 5.91 Å². The van der Waals surface area contributed by atoms with Crippen molar-refractivity contribution in [2.24, 2.45) is 5.73 Å². The number of pyridine rings is 1. The molecular weight excluding hydrogens is 240 g/mol. The number of fused-ring (bicyclic) bond motifs is 1. The third-order valence-corrected chi connectivity index (χ3v) is 2.62. The molecular formula is C11H13ClN4O. The number of carbonyl (C=O) groups is 1. The van der Waals surface area contributed by atoms with Gasteiger partial charge in [0.25, 0.3) is 0 Å². The molecule has 2 heterocycles. The summed E-state index contributed by atoms with van der Waals surface area (Å²) >= 11 is 5.71. The van der Waals surface area contributed by atoms with Crippen molar-refractivity contribution >= 4 is 28.7 Å². The lowest BCUT2D eigenvalue weighted by molar-refractivity contribution is -0.118.